The Kier molecular flexibility index (Phi) is 5.47. The van der Waals surface area contributed by atoms with Crippen LogP contribution in [0.15, 0.2) is 18.2 Å². The van der Waals surface area contributed by atoms with Gasteiger partial charge in [-0.3, -0.25) is 0 Å². The molecule has 0 radical (unpaired) electrons. The summed E-state index contributed by atoms with van der Waals surface area (Å²) in [4.78, 5) is 0. The fourth-order valence-electron chi connectivity index (χ4n) is 2.73. The van der Waals surface area contributed by atoms with E-state index in [-0.39, 0.29) is 0 Å². The van der Waals surface area contributed by atoms with Crippen molar-refractivity contribution in [1.82, 2.24) is 5.32 Å². The standard InChI is InChI=1S/C18H29NO/c1-4-11-19-12-10-18(2,3)9-7-15-5-6-17-16(14-15)8-13-20-17/h5-6,14,19H,4,7-13H2,1-3H3. The van der Waals surface area contributed by atoms with Gasteiger partial charge in [0.1, 0.15) is 5.75 Å². The van der Waals surface area contributed by atoms with Gasteiger partial charge in [-0.2, -0.15) is 0 Å². The third-order valence-electron chi connectivity index (χ3n) is 4.25. The molecule has 2 rings (SSSR count). The van der Waals surface area contributed by atoms with Crippen molar-refractivity contribution in [2.45, 2.75) is 52.9 Å². The molecule has 0 aliphatic carbocycles. The van der Waals surface area contributed by atoms with Crippen molar-refractivity contribution < 1.29 is 4.74 Å². The Hall–Kier alpha value is -1.02. The van der Waals surface area contributed by atoms with Crippen molar-refractivity contribution in [1.29, 1.82) is 0 Å². The van der Waals surface area contributed by atoms with Gasteiger partial charge < -0.3 is 10.1 Å². The number of hydrogen-bond donors (Lipinski definition) is 1. The molecule has 1 aromatic rings. The van der Waals surface area contributed by atoms with E-state index in [4.69, 9.17) is 4.74 Å². The molecule has 0 amide bonds. The second-order valence-electron chi connectivity index (χ2n) is 6.70. The third-order valence-corrected chi connectivity index (χ3v) is 4.25. The summed E-state index contributed by atoms with van der Waals surface area (Å²) in [5.41, 5.74) is 3.27. The molecule has 0 spiro atoms. The smallest absolute Gasteiger partial charge is 0.122 e. The summed E-state index contributed by atoms with van der Waals surface area (Å²) in [6.45, 7) is 10.1. The quantitative estimate of drug-likeness (QED) is 0.725. The summed E-state index contributed by atoms with van der Waals surface area (Å²) in [6.07, 6.45) is 5.97. The molecule has 20 heavy (non-hydrogen) atoms. The molecule has 2 nitrogen and oxygen atoms in total. The van der Waals surface area contributed by atoms with Crippen molar-refractivity contribution in [3.63, 3.8) is 0 Å². The second kappa shape index (κ2) is 7.12. The summed E-state index contributed by atoms with van der Waals surface area (Å²) in [5, 5.41) is 3.51. The highest BCUT2D eigenvalue weighted by Gasteiger charge is 2.18. The summed E-state index contributed by atoms with van der Waals surface area (Å²) < 4.78 is 5.57. The van der Waals surface area contributed by atoms with Crippen LogP contribution in [-0.2, 0) is 12.8 Å². The number of hydrogen-bond acceptors (Lipinski definition) is 2. The maximum absolute atomic E-state index is 5.57. The van der Waals surface area contributed by atoms with E-state index in [9.17, 15) is 0 Å². The van der Waals surface area contributed by atoms with Crippen LogP contribution >= 0.6 is 0 Å². The van der Waals surface area contributed by atoms with E-state index in [0.29, 0.717) is 5.41 Å². The molecule has 0 unspecified atom stereocenters. The van der Waals surface area contributed by atoms with Gasteiger partial charge in [-0.05, 0) is 61.4 Å². The van der Waals surface area contributed by atoms with E-state index in [2.05, 4.69) is 44.3 Å². The molecule has 0 saturated carbocycles. The van der Waals surface area contributed by atoms with Crippen molar-refractivity contribution in [3.8, 4) is 5.75 Å². The molecule has 0 aromatic heterocycles. The second-order valence-corrected chi connectivity index (χ2v) is 6.70. The molecule has 1 N–H and O–H groups in total. The Balaban J connectivity index is 1.78. The van der Waals surface area contributed by atoms with E-state index in [0.717, 1.165) is 31.9 Å². The molecule has 2 heteroatoms. The van der Waals surface area contributed by atoms with Crippen LogP contribution in [0, 0.1) is 5.41 Å². The maximum Gasteiger partial charge on any atom is 0.122 e. The molecule has 0 saturated heterocycles. The van der Waals surface area contributed by atoms with Crippen molar-refractivity contribution >= 4 is 0 Å². The normalized spacial score (nSPS) is 14.2. The van der Waals surface area contributed by atoms with E-state index in [1.54, 1.807) is 0 Å². The molecular formula is C18H29NO. The van der Waals surface area contributed by atoms with Crippen LogP contribution in [0.2, 0.25) is 0 Å². The zero-order chi connectivity index (χ0) is 14.4. The van der Waals surface area contributed by atoms with Gasteiger partial charge in [0.25, 0.3) is 0 Å². The van der Waals surface area contributed by atoms with Gasteiger partial charge >= 0.3 is 0 Å². The highest BCUT2D eigenvalue weighted by molar-refractivity contribution is 5.39. The van der Waals surface area contributed by atoms with Gasteiger partial charge in [0, 0.05) is 6.42 Å². The van der Waals surface area contributed by atoms with Crippen LogP contribution in [-0.4, -0.2) is 19.7 Å². The number of rotatable bonds is 8. The predicted octanol–water partition coefficient (Wildman–Crippen LogP) is 3.97. The predicted molar refractivity (Wildman–Crippen MR) is 85.5 cm³/mol. The SMILES string of the molecule is CCCNCCC(C)(C)CCc1ccc2c(c1)CCO2. The number of nitrogens with one attached hydrogen (secondary N) is 1. The molecule has 0 bridgehead atoms. The Bertz CT molecular complexity index is 425. The van der Waals surface area contributed by atoms with Crippen molar-refractivity contribution in [2.75, 3.05) is 19.7 Å². The molecule has 1 aromatic carbocycles. The van der Waals surface area contributed by atoms with Gasteiger partial charge in [-0.1, -0.05) is 32.9 Å². The number of benzene rings is 1. The first-order valence-electron chi connectivity index (χ1n) is 8.06. The highest BCUT2D eigenvalue weighted by atomic mass is 16.5. The largest absolute Gasteiger partial charge is 0.493 e. The molecule has 1 aliphatic heterocycles. The van der Waals surface area contributed by atoms with Crippen molar-refractivity contribution in [2.24, 2.45) is 5.41 Å². The first kappa shape index (κ1) is 15.4. The zero-order valence-electron chi connectivity index (χ0n) is 13.3. The Morgan fingerprint density at radius 2 is 2.05 bits per heavy atom. The fraction of sp³-hybridized carbons (Fsp3) is 0.667. The van der Waals surface area contributed by atoms with E-state index in [1.807, 2.05) is 0 Å². The first-order valence-corrected chi connectivity index (χ1v) is 8.06. The van der Waals surface area contributed by atoms with Crippen molar-refractivity contribution in [3.05, 3.63) is 29.3 Å². The maximum atomic E-state index is 5.57. The van der Waals surface area contributed by atoms with Gasteiger partial charge in [-0.25, -0.2) is 0 Å². The van der Waals surface area contributed by atoms with E-state index >= 15 is 0 Å². The molecule has 0 atom stereocenters. The summed E-state index contributed by atoms with van der Waals surface area (Å²) in [5.74, 6) is 1.09. The lowest BCUT2D eigenvalue weighted by atomic mass is 9.83. The molecule has 1 aliphatic rings. The average molecular weight is 275 g/mol. The lowest BCUT2D eigenvalue weighted by Gasteiger charge is -2.25. The fourth-order valence-corrected chi connectivity index (χ4v) is 2.73. The Labute approximate surface area is 123 Å². The minimum atomic E-state index is 0.413. The van der Waals surface area contributed by atoms with E-state index < -0.39 is 0 Å². The lowest BCUT2D eigenvalue weighted by molar-refractivity contribution is 0.302. The van der Waals surface area contributed by atoms with Crippen LogP contribution in [0.1, 0.15) is 51.2 Å². The van der Waals surface area contributed by atoms with Gasteiger partial charge in [0.05, 0.1) is 6.61 Å². The van der Waals surface area contributed by atoms with Crippen LogP contribution in [0.25, 0.3) is 0 Å². The molecule has 112 valence electrons. The van der Waals surface area contributed by atoms with Gasteiger partial charge in [-0.15, -0.1) is 0 Å². The van der Waals surface area contributed by atoms with Crippen LogP contribution in [0.5, 0.6) is 5.75 Å². The van der Waals surface area contributed by atoms with Crippen LogP contribution in [0.4, 0.5) is 0 Å². The zero-order valence-corrected chi connectivity index (χ0v) is 13.3. The Morgan fingerprint density at radius 1 is 1.20 bits per heavy atom. The molecular weight excluding hydrogens is 246 g/mol. The van der Waals surface area contributed by atoms with Crippen LogP contribution in [0.3, 0.4) is 0 Å². The first-order chi connectivity index (χ1) is 9.61. The van der Waals surface area contributed by atoms with Gasteiger partial charge in [0.15, 0.2) is 0 Å². The monoisotopic (exact) mass is 275 g/mol. The molecule has 1 heterocycles. The highest BCUT2D eigenvalue weighted by Crippen LogP contribution is 2.30. The minimum Gasteiger partial charge on any atom is -0.493 e. The van der Waals surface area contributed by atoms with Crippen LogP contribution < -0.4 is 10.1 Å². The number of fused-ring (bicyclic) bond motifs is 1. The van der Waals surface area contributed by atoms with Gasteiger partial charge in [0.2, 0.25) is 0 Å². The number of aryl methyl sites for hydroxylation is 1. The minimum absolute atomic E-state index is 0.413. The summed E-state index contributed by atoms with van der Waals surface area (Å²) in [6, 6.07) is 6.72. The Morgan fingerprint density at radius 3 is 2.85 bits per heavy atom. The third kappa shape index (κ3) is 4.52. The topological polar surface area (TPSA) is 21.3 Å². The number of ether oxygens (including phenoxy) is 1. The summed E-state index contributed by atoms with van der Waals surface area (Å²) >= 11 is 0. The average Bonchev–Trinajstić information content (AvgIpc) is 2.89. The summed E-state index contributed by atoms with van der Waals surface area (Å²) in [7, 11) is 0. The van der Waals surface area contributed by atoms with E-state index in [1.165, 1.54) is 36.8 Å². The lowest BCUT2D eigenvalue weighted by Crippen LogP contribution is -2.23. The molecule has 0 fully saturated rings.